The molecule has 1 aliphatic rings. The Morgan fingerprint density at radius 1 is 1.29 bits per heavy atom. The van der Waals surface area contributed by atoms with Gasteiger partial charge < -0.3 is 4.52 Å². The first kappa shape index (κ1) is 16.7. The maximum absolute atomic E-state index is 12.6. The van der Waals surface area contributed by atoms with E-state index in [1.807, 2.05) is 0 Å². The van der Waals surface area contributed by atoms with Gasteiger partial charge in [-0.1, -0.05) is 17.3 Å². The van der Waals surface area contributed by atoms with Crippen LogP contribution in [0.4, 0.5) is 5.88 Å². The molecule has 1 aromatic heterocycles. The number of nitrogens with one attached hydrogen (secondary N) is 2. The molecule has 1 amide bonds. The van der Waals surface area contributed by atoms with Crippen LogP contribution >= 0.6 is 0 Å². The summed E-state index contributed by atoms with van der Waals surface area (Å²) in [5, 5.41) is 6.44. The molecule has 8 heteroatoms. The molecule has 0 saturated heterocycles. The molecular formula is C16H19N3O4S. The van der Waals surface area contributed by atoms with Gasteiger partial charge in [-0.05, 0) is 43.9 Å². The first-order chi connectivity index (χ1) is 11.3. The van der Waals surface area contributed by atoms with Crippen molar-refractivity contribution in [1.82, 2.24) is 9.88 Å². The molecule has 1 fully saturated rings. The number of aromatic nitrogens is 1. The van der Waals surface area contributed by atoms with Gasteiger partial charge >= 0.3 is 0 Å². The maximum Gasteiger partial charge on any atom is 0.241 e. The Kier molecular flexibility index (Phi) is 4.18. The van der Waals surface area contributed by atoms with Gasteiger partial charge in [-0.2, -0.15) is 0 Å². The molecule has 7 nitrogen and oxygen atoms in total. The molecule has 1 aliphatic carbocycles. The number of aryl methyl sites for hydroxylation is 2. The number of hydrogen-bond donors (Lipinski definition) is 2. The highest BCUT2D eigenvalue weighted by Gasteiger charge is 2.29. The molecule has 1 saturated carbocycles. The number of rotatable bonds is 5. The van der Waals surface area contributed by atoms with E-state index in [1.165, 1.54) is 6.92 Å². The zero-order valence-electron chi connectivity index (χ0n) is 13.7. The number of nitrogens with zero attached hydrogens (tertiary/aromatic N) is 1. The number of carbonyl (C=O) groups is 1. The summed E-state index contributed by atoms with van der Waals surface area (Å²) in [6.07, 6.45) is 1.74. The van der Waals surface area contributed by atoms with Crippen LogP contribution < -0.4 is 10.0 Å². The molecule has 3 rings (SSSR count). The minimum absolute atomic E-state index is 0.0327. The molecule has 128 valence electrons. The number of carbonyl (C=O) groups excluding carboxylic acids is 1. The Hall–Kier alpha value is -2.19. The van der Waals surface area contributed by atoms with Crippen molar-refractivity contribution in [3.63, 3.8) is 0 Å². The van der Waals surface area contributed by atoms with Gasteiger partial charge in [0.25, 0.3) is 0 Å². The van der Waals surface area contributed by atoms with E-state index >= 15 is 0 Å². The molecule has 0 atom stereocenters. The van der Waals surface area contributed by atoms with Crippen LogP contribution in [-0.2, 0) is 14.8 Å². The van der Waals surface area contributed by atoms with Crippen molar-refractivity contribution in [2.75, 3.05) is 5.32 Å². The SMILES string of the molecule is CC(=O)Nc1onc(C)c1-c1ccc(C)c(S(=O)(=O)NC2CC2)c1. The molecule has 0 radical (unpaired) electrons. The Labute approximate surface area is 140 Å². The number of anilines is 1. The predicted molar refractivity (Wildman–Crippen MR) is 89.1 cm³/mol. The van der Waals surface area contributed by atoms with Gasteiger partial charge in [-0.25, -0.2) is 13.1 Å². The van der Waals surface area contributed by atoms with Gasteiger partial charge in [0.05, 0.1) is 16.2 Å². The molecule has 2 N–H and O–H groups in total. The highest BCUT2D eigenvalue weighted by atomic mass is 32.2. The van der Waals surface area contributed by atoms with Crippen molar-refractivity contribution in [3.8, 4) is 11.1 Å². The highest BCUT2D eigenvalue weighted by Crippen LogP contribution is 2.34. The lowest BCUT2D eigenvalue weighted by molar-refractivity contribution is -0.114. The number of sulfonamides is 1. The summed E-state index contributed by atoms with van der Waals surface area (Å²) >= 11 is 0. The number of hydrogen-bond acceptors (Lipinski definition) is 5. The predicted octanol–water partition coefficient (Wildman–Crippen LogP) is 2.36. The normalized spacial score (nSPS) is 14.6. The summed E-state index contributed by atoms with van der Waals surface area (Å²) in [5.41, 5.74) is 2.43. The minimum atomic E-state index is -3.58. The average Bonchev–Trinajstić information content (AvgIpc) is 3.21. The summed E-state index contributed by atoms with van der Waals surface area (Å²) < 4.78 is 32.9. The summed E-state index contributed by atoms with van der Waals surface area (Å²) in [6.45, 7) is 4.85. The van der Waals surface area contributed by atoms with Crippen LogP contribution in [0, 0.1) is 13.8 Å². The van der Waals surface area contributed by atoms with E-state index in [2.05, 4.69) is 15.2 Å². The first-order valence-electron chi connectivity index (χ1n) is 7.65. The average molecular weight is 349 g/mol. The Morgan fingerprint density at radius 2 is 2.00 bits per heavy atom. The van der Waals surface area contributed by atoms with Crippen molar-refractivity contribution in [2.24, 2.45) is 0 Å². The van der Waals surface area contributed by atoms with Crippen molar-refractivity contribution in [3.05, 3.63) is 29.5 Å². The number of benzene rings is 1. The largest absolute Gasteiger partial charge is 0.337 e. The van der Waals surface area contributed by atoms with Crippen LogP contribution in [0.25, 0.3) is 11.1 Å². The lowest BCUT2D eigenvalue weighted by atomic mass is 10.0. The second-order valence-corrected chi connectivity index (χ2v) is 7.71. The molecule has 1 aromatic carbocycles. The third-order valence-electron chi connectivity index (χ3n) is 3.82. The van der Waals surface area contributed by atoms with Gasteiger partial charge in [0, 0.05) is 13.0 Å². The zero-order chi connectivity index (χ0) is 17.5. The number of amides is 1. The van der Waals surface area contributed by atoms with Gasteiger partial charge in [0.15, 0.2) is 0 Å². The summed E-state index contributed by atoms with van der Waals surface area (Å²) in [5.74, 6) is -0.0786. The van der Waals surface area contributed by atoms with E-state index in [4.69, 9.17) is 4.52 Å². The van der Waals surface area contributed by atoms with E-state index in [0.717, 1.165) is 12.8 Å². The summed E-state index contributed by atoms with van der Waals surface area (Å²) in [6, 6.07) is 5.15. The lowest BCUT2D eigenvalue weighted by Gasteiger charge is -2.11. The summed E-state index contributed by atoms with van der Waals surface area (Å²) in [7, 11) is -3.58. The standard InChI is InChI=1S/C16H19N3O4S/c1-9-4-5-12(8-14(9)24(21,22)19-13-6-7-13)15-10(2)18-23-16(15)17-11(3)20/h4-5,8,13,19H,6-7H2,1-3H3,(H,17,20). The maximum atomic E-state index is 12.6. The molecule has 0 bridgehead atoms. The van der Waals surface area contributed by atoms with Gasteiger partial charge in [0.1, 0.15) is 0 Å². The van der Waals surface area contributed by atoms with E-state index < -0.39 is 10.0 Å². The molecule has 0 aliphatic heterocycles. The van der Waals surface area contributed by atoms with E-state index in [9.17, 15) is 13.2 Å². The smallest absolute Gasteiger partial charge is 0.241 e. The van der Waals surface area contributed by atoms with Crippen LogP contribution in [0.3, 0.4) is 0 Å². The second-order valence-electron chi connectivity index (χ2n) is 6.03. The van der Waals surface area contributed by atoms with Crippen LogP contribution in [0.2, 0.25) is 0 Å². The van der Waals surface area contributed by atoms with Crippen LogP contribution in [0.15, 0.2) is 27.6 Å². The van der Waals surface area contributed by atoms with Crippen LogP contribution in [-0.4, -0.2) is 25.5 Å². The second kappa shape index (κ2) is 6.03. The topological polar surface area (TPSA) is 101 Å². The van der Waals surface area contributed by atoms with Crippen molar-refractivity contribution >= 4 is 21.8 Å². The fourth-order valence-electron chi connectivity index (χ4n) is 2.48. The third-order valence-corrected chi connectivity index (χ3v) is 5.48. The van der Waals surface area contributed by atoms with Crippen molar-refractivity contribution in [2.45, 2.75) is 44.6 Å². The molecule has 1 heterocycles. The molecule has 0 unspecified atom stereocenters. The van der Waals surface area contributed by atoms with E-state index in [0.29, 0.717) is 22.4 Å². The Morgan fingerprint density at radius 3 is 2.62 bits per heavy atom. The molecule has 2 aromatic rings. The van der Waals surface area contributed by atoms with Crippen molar-refractivity contribution in [1.29, 1.82) is 0 Å². The molecule has 0 spiro atoms. The van der Waals surface area contributed by atoms with Gasteiger partial charge in [-0.15, -0.1) is 0 Å². The summed E-state index contributed by atoms with van der Waals surface area (Å²) in [4.78, 5) is 11.5. The highest BCUT2D eigenvalue weighted by molar-refractivity contribution is 7.89. The minimum Gasteiger partial charge on any atom is -0.337 e. The first-order valence-corrected chi connectivity index (χ1v) is 9.13. The van der Waals surface area contributed by atoms with Crippen molar-refractivity contribution < 1.29 is 17.7 Å². The van der Waals surface area contributed by atoms with E-state index in [1.54, 1.807) is 32.0 Å². The zero-order valence-corrected chi connectivity index (χ0v) is 14.5. The quantitative estimate of drug-likeness (QED) is 0.863. The Balaban J connectivity index is 2.06. The Bertz CT molecular complexity index is 898. The third kappa shape index (κ3) is 3.34. The van der Waals surface area contributed by atoms with E-state index in [-0.39, 0.29) is 22.7 Å². The molecular weight excluding hydrogens is 330 g/mol. The van der Waals surface area contributed by atoms with Gasteiger partial charge in [0.2, 0.25) is 21.8 Å². The van der Waals surface area contributed by atoms with Gasteiger partial charge in [-0.3, -0.25) is 10.1 Å². The fourth-order valence-corrected chi connectivity index (χ4v) is 4.06. The van der Waals surface area contributed by atoms with Crippen LogP contribution in [0.1, 0.15) is 31.0 Å². The van der Waals surface area contributed by atoms with Crippen LogP contribution in [0.5, 0.6) is 0 Å². The monoisotopic (exact) mass is 349 g/mol. The molecule has 24 heavy (non-hydrogen) atoms. The fraction of sp³-hybridized carbons (Fsp3) is 0.375. The lowest BCUT2D eigenvalue weighted by Crippen LogP contribution is -2.26.